The van der Waals surface area contributed by atoms with Crippen molar-refractivity contribution in [1.29, 1.82) is 0 Å². The zero-order valence-corrected chi connectivity index (χ0v) is 14.5. The Kier molecular flexibility index (Phi) is 4.41. The molecule has 4 aromatic heterocycles. The van der Waals surface area contributed by atoms with Crippen molar-refractivity contribution in [3.05, 3.63) is 65.5 Å². The van der Waals surface area contributed by atoms with Crippen LogP contribution in [0.1, 0.15) is 10.6 Å². The van der Waals surface area contributed by atoms with Crippen LogP contribution >= 0.6 is 11.3 Å². The molecule has 0 radical (unpaired) electrons. The van der Waals surface area contributed by atoms with Gasteiger partial charge in [-0.1, -0.05) is 11.2 Å². The van der Waals surface area contributed by atoms with Gasteiger partial charge in [0.05, 0.1) is 22.8 Å². The Morgan fingerprint density at radius 3 is 2.84 bits per heavy atom. The van der Waals surface area contributed by atoms with Crippen LogP contribution < -0.4 is 0 Å². The van der Waals surface area contributed by atoms with E-state index in [1.807, 2.05) is 30.3 Å². The van der Waals surface area contributed by atoms with E-state index < -0.39 is 0 Å². The minimum atomic E-state index is 0.692. The molecule has 0 spiro atoms. The smallest absolute Gasteiger partial charge is 0.151 e. The molecule has 0 saturated carbocycles. The van der Waals surface area contributed by atoms with Crippen LogP contribution in [0, 0.1) is 0 Å². The normalized spacial score (nSPS) is 11.3. The van der Waals surface area contributed by atoms with Crippen LogP contribution in [-0.4, -0.2) is 32.3 Å². The number of nitrogens with one attached hydrogen (secondary N) is 1. The van der Waals surface area contributed by atoms with Crippen molar-refractivity contribution in [3.8, 4) is 22.0 Å². The minimum absolute atomic E-state index is 0.692. The van der Waals surface area contributed by atoms with E-state index in [4.69, 9.17) is 4.52 Å². The van der Waals surface area contributed by atoms with Crippen LogP contribution in [0.15, 0.2) is 59.4 Å². The van der Waals surface area contributed by atoms with Gasteiger partial charge >= 0.3 is 0 Å². The lowest BCUT2D eigenvalue weighted by Gasteiger charge is -2.12. The maximum Gasteiger partial charge on any atom is 0.151 e. The summed E-state index contributed by atoms with van der Waals surface area (Å²) >= 11 is 1.76. The molecule has 0 amide bonds. The summed E-state index contributed by atoms with van der Waals surface area (Å²) in [5.74, 6) is 0.827. The molecule has 0 aliphatic heterocycles. The second-order valence-electron chi connectivity index (χ2n) is 5.80. The second kappa shape index (κ2) is 7.00. The summed E-state index contributed by atoms with van der Waals surface area (Å²) in [5.41, 5.74) is 2.64. The molecule has 0 saturated heterocycles. The van der Waals surface area contributed by atoms with Gasteiger partial charge in [-0.05, 0) is 37.4 Å². The first-order chi connectivity index (χ1) is 12.3. The van der Waals surface area contributed by atoms with Gasteiger partial charge < -0.3 is 4.52 Å². The average Bonchev–Trinajstić information content (AvgIpc) is 3.37. The first kappa shape index (κ1) is 15.7. The van der Waals surface area contributed by atoms with Crippen LogP contribution in [0.4, 0.5) is 0 Å². The molecular weight excluding hydrogens is 334 g/mol. The quantitative estimate of drug-likeness (QED) is 0.572. The molecular formula is C18H17N5OS. The number of hydrogen-bond acceptors (Lipinski definition) is 6. The van der Waals surface area contributed by atoms with E-state index in [2.05, 4.69) is 44.4 Å². The lowest BCUT2D eigenvalue weighted by molar-refractivity contribution is 0.268. The minimum Gasteiger partial charge on any atom is -0.359 e. The zero-order chi connectivity index (χ0) is 17.1. The van der Waals surface area contributed by atoms with Crippen molar-refractivity contribution in [2.75, 3.05) is 7.05 Å². The fourth-order valence-corrected chi connectivity index (χ4v) is 3.67. The number of H-pyrrole nitrogens is 1. The number of aromatic amines is 1. The molecule has 6 nitrogen and oxygen atoms in total. The lowest BCUT2D eigenvalue weighted by Crippen LogP contribution is -2.16. The fourth-order valence-electron chi connectivity index (χ4n) is 2.61. The Morgan fingerprint density at radius 2 is 2.04 bits per heavy atom. The number of aromatic nitrogens is 4. The van der Waals surface area contributed by atoms with Crippen LogP contribution in [0.2, 0.25) is 0 Å². The number of thiophene rings is 1. The number of hydrogen-bond donors (Lipinski definition) is 1. The van der Waals surface area contributed by atoms with Gasteiger partial charge in [0.1, 0.15) is 5.69 Å². The molecule has 0 fully saturated rings. The molecule has 4 heterocycles. The van der Waals surface area contributed by atoms with Gasteiger partial charge in [-0.3, -0.25) is 15.0 Å². The molecule has 0 aliphatic rings. The average molecular weight is 351 g/mol. The molecule has 0 bridgehead atoms. The van der Waals surface area contributed by atoms with Crippen molar-refractivity contribution in [3.63, 3.8) is 0 Å². The Hall–Kier alpha value is -2.77. The molecule has 4 aromatic rings. The van der Waals surface area contributed by atoms with Crippen molar-refractivity contribution < 1.29 is 4.52 Å². The standard InChI is InChI=1S/C18H17N5OS/c1-23(12-14-5-6-18(25-14)16-7-9-20-21-16)11-13-10-17(22-24-13)15-4-2-3-8-19-15/h2-10H,11-12H2,1H3,(H,20,21). The number of pyridine rings is 1. The van der Waals surface area contributed by atoms with Crippen molar-refractivity contribution in [2.45, 2.75) is 13.1 Å². The van der Waals surface area contributed by atoms with Crippen molar-refractivity contribution >= 4 is 11.3 Å². The highest BCUT2D eigenvalue weighted by molar-refractivity contribution is 7.15. The molecule has 4 rings (SSSR count). The van der Waals surface area contributed by atoms with Gasteiger partial charge in [0.25, 0.3) is 0 Å². The van der Waals surface area contributed by atoms with E-state index in [9.17, 15) is 0 Å². The largest absolute Gasteiger partial charge is 0.359 e. The monoisotopic (exact) mass is 351 g/mol. The Morgan fingerprint density at radius 1 is 1.08 bits per heavy atom. The summed E-state index contributed by atoms with van der Waals surface area (Å²) in [6, 6.07) is 13.9. The van der Waals surface area contributed by atoms with E-state index in [0.29, 0.717) is 6.54 Å². The maximum absolute atomic E-state index is 5.45. The summed E-state index contributed by atoms with van der Waals surface area (Å²) < 4.78 is 5.45. The summed E-state index contributed by atoms with van der Waals surface area (Å²) in [4.78, 5) is 8.97. The molecule has 0 aliphatic carbocycles. The topological polar surface area (TPSA) is 70.8 Å². The Balaban J connectivity index is 1.39. The number of nitrogens with zero attached hydrogens (tertiary/aromatic N) is 4. The lowest BCUT2D eigenvalue weighted by atomic mass is 10.2. The van der Waals surface area contributed by atoms with Crippen LogP contribution in [0.5, 0.6) is 0 Å². The molecule has 7 heteroatoms. The maximum atomic E-state index is 5.45. The summed E-state index contributed by atoms with van der Waals surface area (Å²) in [7, 11) is 2.07. The van der Waals surface area contributed by atoms with E-state index in [0.717, 1.165) is 29.4 Å². The Labute approximate surface area is 149 Å². The SMILES string of the molecule is CN(Cc1cc(-c2ccccn2)no1)Cc1ccc(-c2ccn[nH]2)s1. The van der Waals surface area contributed by atoms with Crippen molar-refractivity contribution in [1.82, 2.24) is 25.2 Å². The molecule has 1 N–H and O–H groups in total. The number of rotatable bonds is 6. The van der Waals surface area contributed by atoms with E-state index >= 15 is 0 Å². The third-order valence-corrected chi connectivity index (χ3v) is 4.87. The van der Waals surface area contributed by atoms with Crippen molar-refractivity contribution in [2.24, 2.45) is 0 Å². The van der Waals surface area contributed by atoms with Gasteiger partial charge in [-0.2, -0.15) is 5.10 Å². The molecule has 0 unspecified atom stereocenters. The molecule has 25 heavy (non-hydrogen) atoms. The molecule has 0 atom stereocenters. The van der Waals surface area contributed by atoms with E-state index in [1.165, 1.54) is 9.75 Å². The van der Waals surface area contributed by atoms with Gasteiger partial charge in [0.15, 0.2) is 5.76 Å². The first-order valence-corrected chi connectivity index (χ1v) is 8.73. The highest BCUT2D eigenvalue weighted by Gasteiger charge is 2.11. The van der Waals surface area contributed by atoms with Crippen LogP contribution in [0.25, 0.3) is 22.0 Å². The van der Waals surface area contributed by atoms with E-state index in [1.54, 1.807) is 23.7 Å². The third-order valence-electron chi connectivity index (χ3n) is 3.77. The predicted octanol–water partition coefficient (Wildman–Crippen LogP) is 3.82. The van der Waals surface area contributed by atoms with Gasteiger partial charge in [0.2, 0.25) is 0 Å². The van der Waals surface area contributed by atoms with Gasteiger partial charge in [0, 0.05) is 29.9 Å². The van der Waals surface area contributed by atoms with Gasteiger partial charge in [-0.15, -0.1) is 11.3 Å². The van der Waals surface area contributed by atoms with Gasteiger partial charge in [-0.25, -0.2) is 0 Å². The third kappa shape index (κ3) is 3.67. The summed E-state index contributed by atoms with van der Waals surface area (Å²) in [6.07, 6.45) is 3.52. The highest BCUT2D eigenvalue weighted by atomic mass is 32.1. The van der Waals surface area contributed by atoms with Crippen LogP contribution in [0.3, 0.4) is 0 Å². The molecule has 126 valence electrons. The second-order valence-corrected chi connectivity index (χ2v) is 6.97. The predicted molar refractivity (Wildman–Crippen MR) is 96.8 cm³/mol. The fraction of sp³-hybridized carbons (Fsp3) is 0.167. The first-order valence-electron chi connectivity index (χ1n) is 7.92. The van der Waals surface area contributed by atoms with Crippen LogP contribution in [-0.2, 0) is 13.1 Å². The summed E-state index contributed by atoms with van der Waals surface area (Å²) in [5, 5.41) is 11.1. The zero-order valence-electron chi connectivity index (χ0n) is 13.7. The highest BCUT2D eigenvalue weighted by Crippen LogP contribution is 2.27. The summed E-state index contributed by atoms with van der Waals surface area (Å²) in [6.45, 7) is 1.54. The van der Waals surface area contributed by atoms with E-state index in [-0.39, 0.29) is 0 Å². The Bertz CT molecular complexity index is 929. The molecule has 0 aromatic carbocycles.